The molecule has 3 N–H and O–H groups in total. The highest BCUT2D eigenvalue weighted by atomic mass is 35.5. The lowest BCUT2D eigenvalue weighted by Gasteiger charge is -2.60. The highest BCUT2D eigenvalue weighted by Crippen LogP contribution is 2.60. The molecule has 0 radical (unpaired) electrons. The van der Waals surface area contributed by atoms with Crippen molar-refractivity contribution >= 4 is 23.4 Å². The molecule has 0 amide bonds. The molecule has 4 saturated carbocycles. The van der Waals surface area contributed by atoms with E-state index in [4.69, 9.17) is 11.6 Å². The molecule has 220 valence electrons. The molecule has 2 aromatic rings. The topological polar surface area (TPSA) is 88.9 Å². The lowest BCUT2D eigenvalue weighted by molar-refractivity contribution is -0.0704. The summed E-state index contributed by atoms with van der Waals surface area (Å²) in [5, 5.41) is 21.2. The minimum Gasteiger partial charge on any atom is -0.368 e. The Balaban J connectivity index is 1.04. The summed E-state index contributed by atoms with van der Waals surface area (Å²) in [5.74, 6) is 3.78. The van der Waals surface area contributed by atoms with Crippen LogP contribution in [0, 0.1) is 40.4 Å². The van der Waals surface area contributed by atoms with Crippen molar-refractivity contribution in [3.05, 3.63) is 46.6 Å². The van der Waals surface area contributed by atoms with Gasteiger partial charge in [0, 0.05) is 24.2 Å². The zero-order chi connectivity index (χ0) is 28.4. The van der Waals surface area contributed by atoms with Crippen LogP contribution >= 0.6 is 11.6 Å². The fourth-order valence-corrected chi connectivity index (χ4v) is 8.59. The van der Waals surface area contributed by atoms with E-state index in [9.17, 15) is 14.0 Å². The molecule has 7 rings (SSSR count). The average Bonchev–Trinajstić information content (AvgIpc) is 2.95. The van der Waals surface area contributed by atoms with Crippen molar-refractivity contribution in [1.29, 1.82) is 5.26 Å². The van der Waals surface area contributed by atoms with Gasteiger partial charge in [0.05, 0.1) is 12.7 Å². The Bertz CT molecular complexity index is 1230. The van der Waals surface area contributed by atoms with E-state index in [1.165, 1.54) is 32.1 Å². The maximum absolute atomic E-state index is 12.7. The van der Waals surface area contributed by atoms with Gasteiger partial charge in [0.15, 0.2) is 0 Å². The van der Waals surface area contributed by atoms with Gasteiger partial charge in [0.25, 0.3) is 6.43 Å². The lowest BCUT2D eigenvalue weighted by Crippen LogP contribution is -2.60. The SMILES string of the molecule is N#Cc1cnc(NCc2ccccc2Cl)nc1NC[C@]12CC3C[C@H](C1)[C@@H](NCC1CCN(CC(F)F)CC1)[C@@H](C3)C2. The predicted octanol–water partition coefficient (Wildman–Crippen LogP) is 5.79. The molecular weight excluding hydrogens is 544 g/mol. The number of halogens is 3. The minimum absolute atomic E-state index is 0.0876. The molecule has 1 aromatic heterocycles. The first-order valence-electron chi connectivity index (χ1n) is 15.1. The third-order valence-corrected chi connectivity index (χ3v) is 10.4. The molecule has 2 heterocycles. The van der Waals surface area contributed by atoms with Crippen LogP contribution in [0.1, 0.15) is 56.1 Å². The highest BCUT2D eigenvalue weighted by molar-refractivity contribution is 6.31. The van der Waals surface area contributed by atoms with Gasteiger partial charge in [-0.25, -0.2) is 13.8 Å². The van der Waals surface area contributed by atoms with Crippen LogP contribution in [0.25, 0.3) is 0 Å². The van der Waals surface area contributed by atoms with Gasteiger partial charge in [-0.05, 0) is 105 Å². The van der Waals surface area contributed by atoms with Gasteiger partial charge in [-0.15, -0.1) is 0 Å². The summed E-state index contributed by atoms with van der Waals surface area (Å²) in [6, 6.07) is 10.5. The fourth-order valence-electron chi connectivity index (χ4n) is 8.38. The van der Waals surface area contributed by atoms with Crippen LogP contribution in [0.5, 0.6) is 0 Å². The number of rotatable bonds is 11. The maximum atomic E-state index is 12.7. The Morgan fingerprint density at radius 2 is 1.85 bits per heavy atom. The van der Waals surface area contributed by atoms with Crippen molar-refractivity contribution in [3.8, 4) is 6.07 Å². The van der Waals surface area contributed by atoms with Crippen molar-refractivity contribution in [3.63, 3.8) is 0 Å². The van der Waals surface area contributed by atoms with E-state index in [1.807, 2.05) is 29.2 Å². The first kappa shape index (κ1) is 28.6. The number of hydrogen-bond acceptors (Lipinski definition) is 7. The van der Waals surface area contributed by atoms with Crippen LogP contribution in [0.3, 0.4) is 0 Å². The number of anilines is 2. The van der Waals surface area contributed by atoms with E-state index in [0.717, 1.165) is 50.5 Å². The molecule has 4 bridgehead atoms. The summed E-state index contributed by atoms with van der Waals surface area (Å²) in [7, 11) is 0. The normalized spacial score (nSPS) is 29.5. The lowest BCUT2D eigenvalue weighted by atomic mass is 9.48. The van der Waals surface area contributed by atoms with Crippen molar-refractivity contribution in [2.75, 3.05) is 43.4 Å². The molecule has 5 fully saturated rings. The van der Waals surface area contributed by atoms with E-state index in [-0.39, 0.29) is 12.0 Å². The van der Waals surface area contributed by atoms with Crippen LogP contribution in [-0.2, 0) is 6.54 Å². The number of piperidine rings is 1. The molecule has 4 aliphatic carbocycles. The molecule has 10 heteroatoms. The number of hydrogen-bond donors (Lipinski definition) is 3. The summed E-state index contributed by atoms with van der Waals surface area (Å²) in [4.78, 5) is 10.9. The number of nitrogens with one attached hydrogen (secondary N) is 3. The minimum atomic E-state index is -2.24. The average molecular weight is 584 g/mol. The summed E-state index contributed by atoms with van der Waals surface area (Å²) < 4.78 is 25.5. The summed E-state index contributed by atoms with van der Waals surface area (Å²) >= 11 is 6.29. The smallest absolute Gasteiger partial charge is 0.251 e. The number of nitriles is 1. The number of aromatic nitrogens is 2. The van der Waals surface area contributed by atoms with Gasteiger partial charge in [0.1, 0.15) is 17.5 Å². The largest absolute Gasteiger partial charge is 0.368 e. The Hall–Kier alpha value is -2.54. The highest BCUT2D eigenvalue weighted by Gasteiger charge is 2.55. The van der Waals surface area contributed by atoms with Crippen LogP contribution in [-0.4, -0.2) is 60.1 Å². The van der Waals surface area contributed by atoms with Gasteiger partial charge in [-0.1, -0.05) is 29.8 Å². The molecule has 7 nitrogen and oxygen atoms in total. The Kier molecular flexibility index (Phi) is 8.62. The van der Waals surface area contributed by atoms with Crippen LogP contribution in [0.4, 0.5) is 20.5 Å². The van der Waals surface area contributed by atoms with E-state index in [1.54, 1.807) is 6.20 Å². The zero-order valence-electron chi connectivity index (χ0n) is 23.5. The van der Waals surface area contributed by atoms with Gasteiger partial charge < -0.3 is 16.0 Å². The number of nitrogens with zero attached hydrogens (tertiary/aromatic N) is 4. The zero-order valence-corrected chi connectivity index (χ0v) is 24.2. The quantitative estimate of drug-likeness (QED) is 0.309. The monoisotopic (exact) mass is 583 g/mol. The van der Waals surface area contributed by atoms with Crippen LogP contribution in [0.15, 0.2) is 30.5 Å². The molecule has 1 aromatic carbocycles. The Labute approximate surface area is 246 Å². The number of alkyl halides is 2. The van der Waals surface area contributed by atoms with Crippen molar-refractivity contribution < 1.29 is 8.78 Å². The van der Waals surface area contributed by atoms with Crippen molar-refractivity contribution in [2.45, 2.75) is 64.0 Å². The summed E-state index contributed by atoms with van der Waals surface area (Å²) in [5.41, 5.74) is 1.65. The third-order valence-electron chi connectivity index (χ3n) is 10.1. The summed E-state index contributed by atoms with van der Waals surface area (Å²) in [6.07, 6.45) is 7.60. The molecule has 0 spiro atoms. The van der Waals surface area contributed by atoms with Crippen molar-refractivity contribution in [2.24, 2.45) is 29.1 Å². The van der Waals surface area contributed by atoms with E-state index >= 15 is 0 Å². The van der Waals surface area contributed by atoms with E-state index in [0.29, 0.717) is 52.7 Å². The number of likely N-dealkylation sites (tertiary alicyclic amines) is 1. The molecule has 5 aliphatic rings. The fraction of sp³-hybridized carbons (Fsp3) is 0.645. The van der Waals surface area contributed by atoms with Crippen molar-refractivity contribution in [1.82, 2.24) is 20.2 Å². The molecule has 1 unspecified atom stereocenters. The second kappa shape index (κ2) is 12.4. The molecule has 1 aliphatic heterocycles. The predicted molar refractivity (Wildman–Crippen MR) is 157 cm³/mol. The van der Waals surface area contributed by atoms with Gasteiger partial charge in [-0.2, -0.15) is 10.2 Å². The van der Waals surface area contributed by atoms with Crippen LogP contribution < -0.4 is 16.0 Å². The third kappa shape index (κ3) is 6.60. The first-order chi connectivity index (χ1) is 19.9. The van der Waals surface area contributed by atoms with Gasteiger partial charge >= 0.3 is 0 Å². The van der Waals surface area contributed by atoms with Gasteiger partial charge in [0.2, 0.25) is 5.95 Å². The first-order valence-corrected chi connectivity index (χ1v) is 15.5. The Morgan fingerprint density at radius 1 is 1.10 bits per heavy atom. The molecular formula is C31H40ClF2N7. The second-order valence-electron chi connectivity index (χ2n) is 12.9. The summed E-state index contributed by atoms with van der Waals surface area (Å²) in [6.45, 7) is 3.82. The molecule has 41 heavy (non-hydrogen) atoms. The second-order valence-corrected chi connectivity index (χ2v) is 13.3. The van der Waals surface area contributed by atoms with Gasteiger partial charge in [-0.3, -0.25) is 4.90 Å². The molecule has 1 saturated heterocycles. The Morgan fingerprint density at radius 3 is 2.56 bits per heavy atom. The van der Waals surface area contributed by atoms with Crippen LogP contribution in [0.2, 0.25) is 5.02 Å². The maximum Gasteiger partial charge on any atom is 0.251 e. The standard InChI is InChI=1S/C31H40ClF2N7/c32-26-4-2-1-3-22(26)16-37-30-38-17-25(14-35)29(40-30)39-19-31-11-21-9-23(12-31)28(24(10-21)13-31)36-15-20-5-7-41(8-6-20)18-27(33)34/h1-4,17,20-21,23-24,27-28,36H,5-13,15-16,18-19H2,(H2,37,38,39,40)/t21?,23-,24+,28-,31-. The molecule has 5 atom stereocenters. The van der Waals surface area contributed by atoms with E-state index in [2.05, 4.69) is 32.0 Å². The van der Waals surface area contributed by atoms with E-state index < -0.39 is 6.43 Å². The number of benzene rings is 1.